The maximum absolute atomic E-state index is 12.9. The van der Waals surface area contributed by atoms with Crippen LogP contribution in [0.3, 0.4) is 0 Å². The molecule has 0 aliphatic rings. The molecule has 86 valence electrons. The van der Waals surface area contributed by atoms with Crippen molar-refractivity contribution >= 4 is 24.2 Å². The second-order valence-electron chi connectivity index (χ2n) is 3.59. The first kappa shape index (κ1) is 12.1. The summed E-state index contributed by atoms with van der Waals surface area (Å²) in [4.78, 5) is 0. The Bertz CT molecular complexity index is 546. The van der Waals surface area contributed by atoms with Crippen molar-refractivity contribution in [1.29, 1.82) is 0 Å². The standard InChI is InChI=1S/C12H9BClFO2/c14-12-7-8(15)5-6-10(12)9-3-1-2-4-11(9)13(16)17/h1-7,16-17H. The average Bonchev–Trinajstić information content (AvgIpc) is 2.29. The highest BCUT2D eigenvalue weighted by Gasteiger charge is 2.17. The van der Waals surface area contributed by atoms with Gasteiger partial charge in [-0.1, -0.05) is 35.9 Å². The molecule has 0 saturated heterocycles. The van der Waals surface area contributed by atoms with E-state index < -0.39 is 12.9 Å². The number of halogens is 2. The Balaban J connectivity index is 2.60. The smallest absolute Gasteiger partial charge is 0.423 e. The first-order chi connectivity index (χ1) is 8.09. The molecule has 0 spiro atoms. The van der Waals surface area contributed by atoms with E-state index in [1.165, 1.54) is 18.2 Å². The molecule has 2 rings (SSSR count). The third kappa shape index (κ3) is 2.49. The molecule has 0 fully saturated rings. The Hall–Kier alpha value is -1.36. The maximum atomic E-state index is 12.9. The SMILES string of the molecule is OB(O)c1ccccc1-c1ccc(F)cc1Cl. The van der Waals surface area contributed by atoms with E-state index in [0.29, 0.717) is 16.6 Å². The van der Waals surface area contributed by atoms with Crippen molar-refractivity contribution in [2.45, 2.75) is 0 Å². The summed E-state index contributed by atoms with van der Waals surface area (Å²) in [5.41, 5.74) is 1.48. The van der Waals surface area contributed by atoms with Gasteiger partial charge in [0, 0.05) is 5.56 Å². The topological polar surface area (TPSA) is 40.5 Å². The van der Waals surface area contributed by atoms with E-state index in [9.17, 15) is 14.4 Å². The number of rotatable bonds is 2. The van der Waals surface area contributed by atoms with Crippen LogP contribution in [0.15, 0.2) is 42.5 Å². The van der Waals surface area contributed by atoms with Crippen molar-refractivity contribution in [2.75, 3.05) is 0 Å². The third-order valence-electron chi connectivity index (χ3n) is 2.46. The molecule has 0 bridgehead atoms. The van der Waals surface area contributed by atoms with Crippen LogP contribution >= 0.6 is 11.6 Å². The van der Waals surface area contributed by atoms with Gasteiger partial charge in [0.25, 0.3) is 0 Å². The van der Waals surface area contributed by atoms with Crippen LogP contribution in [0, 0.1) is 5.82 Å². The zero-order chi connectivity index (χ0) is 12.4. The summed E-state index contributed by atoms with van der Waals surface area (Å²) in [7, 11) is -1.59. The van der Waals surface area contributed by atoms with Crippen molar-refractivity contribution in [1.82, 2.24) is 0 Å². The van der Waals surface area contributed by atoms with Crippen molar-refractivity contribution in [2.24, 2.45) is 0 Å². The van der Waals surface area contributed by atoms with Crippen LogP contribution in [0.2, 0.25) is 5.02 Å². The molecule has 0 saturated carbocycles. The molecular formula is C12H9BClFO2. The molecule has 0 heterocycles. The summed E-state index contributed by atoms with van der Waals surface area (Å²) in [5, 5.41) is 18.7. The molecule has 2 nitrogen and oxygen atoms in total. The predicted molar refractivity (Wildman–Crippen MR) is 66.7 cm³/mol. The van der Waals surface area contributed by atoms with Gasteiger partial charge >= 0.3 is 7.12 Å². The number of hydrogen-bond donors (Lipinski definition) is 2. The van der Waals surface area contributed by atoms with Crippen LogP contribution in [0.5, 0.6) is 0 Å². The van der Waals surface area contributed by atoms with Gasteiger partial charge < -0.3 is 10.0 Å². The second kappa shape index (κ2) is 4.88. The molecule has 0 aliphatic carbocycles. The van der Waals surface area contributed by atoms with Crippen molar-refractivity contribution < 1.29 is 14.4 Å². The van der Waals surface area contributed by atoms with E-state index in [1.54, 1.807) is 24.3 Å². The minimum atomic E-state index is -1.59. The highest BCUT2D eigenvalue weighted by atomic mass is 35.5. The summed E-state index contributed by atoms with van der Waals surface area (Å²) in [6, 6.07) is 10.7. The van der Waals surface area contributed by atoms with Crippen LogP contribution < -0.4 is 5.46 Å². The molecular weight excluding hydrogens is 241 g/mol. The lowest BCUT2D eigenvalue weighted by molar-refractivity contribution is 0.426. The summed E-state index contributed by atoms with van der Waals surface area (Å²) in [6.45, 7) is 0. The second-order valence-corrected chi connectivity index (χ2v) is 3.99. The predicted octanol–water partition coefficient (Wildman–Crippen LogP) is 1.83. The molecule has 2 aromatic rings. The Morgan fingerprint density at radius 2 is 1.71 bits per heavy atom. The van der Waals surface area contributed by atoms with E-state index in [-0.39, 0.29) is 5.02 Å². The van der Waals surface area contributed by atoms with Crippen molar-refractivity contribution in [3.63, 3.8) is 0 Å². The monoisotopic (exact) mass is 250 g/mol. The van der Waals surface area contributed by atoms with E-state index in [0.717, 1.165) is 0 Å². The van der Waals surface area contributed by atoms with Gasteiger partial charge in [0.2, 0.25) is 0 Å². The van der Waals surface area contributed by atoms with Gasteiger partial charge in [-0.25, -0.2) is 4.39 Å². The lowest BCUT2D eigenvalue weighted by atomic mass is 9.75. The van der Waals surface area contributed by atoms with Crippen molar-refractivity contribution in [3.8, 4) is 11.1 Å². The highest BCUT2D eigenvalue weighted by Crippen LogP contribution is 2.27. The lowest BCUT2D eigenvalue weighted by Gasteiger charge is -2.10. The quantitative estimate of drug-likeness (QED) is 0.798. The summed E-state index contributed by atoms with van der Waals surface area (Å²) in [6.07, 6.45) is 0. The number of hydrogen-bond acceptors (Lipinski definition) is 2. The maximum Gasteiger partial charge on any atom is 0.489 e. The Kier molecular flexibility index (Phi) is 3.47. The van der Waals surface area contributed by atoms with Crippen LogP contribution in [0.25, 0.3) is 11.1 Å². The molecule has 0 aliphatic heterocycles. The highest BCUT2D eigenvalue weighted by molar-refractivity contribution is 6.60. The Labute approximate surface area is 103 Å². The Morgan fingerprint density at radius 3 is 2.35 bits per heavy atom. The molecule has 0 amide bonds. The van der Waals surface area contributed by atoms with E-state index in [1.807, 2.05) is 0 Å². The third-order valence-corrected chi connectivity index (χ3v) is 2.77. The van der Waals surface area contributed by atoms with Gasteiger partial charge in [-0.15, -0.1) is 0 Å². The van der Waals surface area contributed by atoms with Crippen LogP contribution in [0.4, 0.5) is 4.39 Å². The van der Waals surface area contributed by atoms with E-state index >= 15 is 0 Å². The van der Waals surface area contributed by atoms with Crippen LogP contribution in [0.1, 0.15) is 0 Å². The van der Waals surface area contributed by atoms with Gasteiger partial charge in [0.1, 0.15) is 5.82 Å². The molecule has 0 atom stereocenters. The minimum Gasteiger partial charge on any atom is -0.423 e. The fraction of sp³-hybridized carbons (Fsp3) is 0. The Morgan fingerprint density at radius 1 is 1.00 bits per heavy atom. The van der Waals surface area contributed by atoms with E-state index in [4.69, 9.17) is 11.6 Å². The summed E-state index contributed by atoms with van der Waals surface area (Å²) < 4.78 is 12.9. The molecule has 2 aromatic carbocycles. The molecule has 2 N–H and O–H groups in total. The first-order valence-corrected chi connectivity index (χ1v) is 5.38. The fourth-order valence-corrected chi connectivity index (χ4v) is 1.94. The molecule has 0 aromatic heterocycles. The van der Waals surface area contributed by atoms with Crippen molar-refractivity contribution in [3.05, 3.63) is 53.3 Å². The average molecular weight is 250 g/mol. The zero-order valence-electron chi connectivity index (χ0n) is 8.77. The number of benzene rings is 2. The van der Waals surface area contributed by atoms with Gasteiger partial charge in [0.05, 0.1) is 5.02 Å². The zero-order valence-corrected chi connectivity index (χ0v) is 9.53. The van der Waals surface area contributed by atoms with Crippen LogP contribution in [-0.2, 0) is 0 Å². The van der Waals surface area contributed by atoms with Gasteiger partial charge in [-0.2, -0.15) is 0 Å². The first-order valence-electron chi connectivity index (χ1n) is 5.00. The summed E-state index contributed by atoms with van der Waals surface area (Å²) in [5.74, 6) is -0.430. The largest absolute Gasteiger partial charge is 0.489 e. The summed E-state index contributed by atoms with van der Waals surface area (Å²) >= 11 is 5.94. The normalized spacial score (nSPS) is 10.4. The molecule has 0 radical (unpaired) electrons. The molecule has 17 heavy (non-hydrogen) atoms. The molecule has 0 unspecified atom stereocenters. The van der Waals surface area contributed by atoms with Crippen LogP contribution in [-0.4, -0.2) is 17.2 Å². The van der Waals surface area contributed by atoms with Gasteiger partial charge in [-0.3, -0.25) is 0 Å². The van der Waals surface area contributed by atoms with E-state index in [2.05, 4.69) is 0 Å². The van der Waals surface area contributed by atoms with Gasteiger partial charge in [-0.05, 0) is 29.2 Å². The van der Waals surface area contributed by atoms with Gasteiger partial charge in [0.15, 0.2) is 0 Å². The minimum absolute atomic E-state index is 0.234. The lowest BCUT2D eigenvalue weighted by Crippen LogP contribution is -2.31. The molecule has 5 heteroatoms. The fourth-order valence-electron chi connectivity index (χ4n) is 1.68.